The molecular formula is C30H36Cl2SiZr-2. The average molecular weight is 587 g/mol. The van der Waals surface area contributed by atoms with E-state index in [0.29, 0.717) is 0 Å². The number of benzene rings is 2. The summed E-state index contributed by atoms with van der Waals surface area (Å²) in [5.74, 6) is 0. The molecule has 0 unspecified atom stereocenters. The van der Waals surface area contributed by atoms with Gasteiger partial charge in [-0.05, 0) is 12.8 Å². The predicted molar refractivity (Wildman–Crippen MR) is 139 cm³/mol. The van der Waals surface area contributed by atoms with Gasteiger partial charge in [-0.2, -0.15) is 35.5 Å². The monoisotopic (exact) mass is 584 g/mol. The Balaban J connectivity index is 0.000000528. The van der Waals surface area contributed by atoms with Gasteiger partial charge in [0.05, 0.1) is 0 Å². The van der Waals surface area contributed by atoms with Gasteiger partial charge in [0.25, 0.3) is 0 Å². The molecule has 2 aromatic rings. The normalized spacial score (nSPS) is 13.4. The maximum Gasteiger partial charge on any atom is -1.00 e. The van der Waals surface area contributed by atoms with Crippen LogP contribution in [0.5, 0.6) is 0 Å². The Morgan fingerprint density at radius 2 is 1.00 bits per heavy atom. The SMILES string of the molecule is CCCC1=CC(c2ccccc2)=[C-]C1.CCCC1=CC(c2ccccc2)=[C-]C1.C[Si](C)=[Zr+2].[Cl-].[Cl-]. The quantitative estimate of drug-likeness (QED) is 0.361. The first-order valence-corrected chi connectivity index (χ1v) is 17.9. The summed E-state index contributed by atoms with van der Waals surface area (Å²) in [6.07, 6.45) is 18.4. The minimum absolute atomic E-state index is 0. The molecule has 0 saturated heterocycles. The van der Waals surface area contributed by atoms with E-state index in [2.05, 4.69) is 112 Å². The van der Waals surface area contributed by atoms with Crippen LogP contribution in [-0.4, -0.2) is 5.43 Å². The zero-order valence-corrected chi connectivity index (χ0v) is 25.9. The topological polar surface area (TPSA) is 0 Å². The van der Waals surface area contributed by atoms with Gasteiger partial charge in [-0.1, -0.05) is 75.9 Å². The Hall–Kier alpha value is -0.920. The third kappa shape index (κ3) is 12.7. The van der Waals surface area contributed by atoms with Crippen LogP contribution in [0, 0.1) is 12.2 Å². The molecule has 0 bridgehead atoms. The molecule has 0 spiro atoms. The molecule has 180 valence electrons. The third-order valence-corrected chi connectivity index (χ3v) is 5.02. The Bertz CT molecular complexity index is 894. The Morgan fingerprint density at radius 3 is 1.29 bits per heavy atom. The summed E-state index contributed by atoms with van der Waals surface area (Å²) in [5.41, 5.74) is 8.38. The second kappa shape index (κ2) is 19.3. The standard InChI is InChI=1S/2C14H15.C2H6Si.2ClH.Zr/c2*1-2-6-12-9-10-14(11-12)13-7-4-3-5-8-13;1-3-2;;;/h2*3-5,7-8,11H,2,6,9H2,1H3;1-2H3;2*1H;/q2*-1;;;;+2/p-2. The minimum Gasteiger partial charge on any atom is -1.00 e. The van der Waals surface area contributed by atoms with Crippen LogP contribution in [-0.2, 0) is 23.3 Å². The van der Waals surface area contributed by atoms with Crippen molar-refractivity contribution < 1.29 is 48.1 Å². The van der Waals surface area contributed by atoms with Crippen LogP contribution >= 0.6 is 0 Å². The second-order valence-corrected chi connectivity index (χ2v) is 17.7. The van der Waals surface area contributed by atoms with E-state index in [1.807, 2.05) is 0 Å². The fourth-order valence-corrected chi connectivity index (χ4v) is 3.60. The maximum absolute atomic E-state index is 3.43. The number of allylic oxidation sites excluding steroid dienone is 8. The summed E-state index contributed by atoms with van der Waals surface area (Å²) < 4.78 is 0. The van der Waals surface area contributed by atoms with Crippen molar-refractivity contribution in [1.82, 2.24) is 0 Å². The average Bonchev–Trinajstić information content (AvgIpc) is 3.46. The van der Waals surface area contributed by atoms with Crippen LogP contribution in [0.3, 0.4) is 0 Å². The summed E-state index contributed by atoms with van der Waals surface area (Å²) in [6, 6.07) is 21.0. The van der Waals surface area contributed by atoms with Crippen molar-refractivity contribution in [3.05, 3.63) is 107 Å². The summed E-state index contributed by atoms with van der Waals surface area (Å²) in [5, 5.41) is 0. The van der Waals surface area contributed by atoms with Crippen LogP contribution in [0.25, 0.3) is 11.1 Å². The van der Waals surface area contributed by atoms with E-state index >= 15 is 0 Å². The Labute approximate surface area is 235 Å². The van der Waals surface area contributed by atoms with Crippen molar-refractivity contribution in [2.75, 3.05) is 0 Å². The van der Waals surface area contributed by atoms with Crippen LogP contribution in [0.15, 0.2) is 84.0 Å². The van der Waals surface area contributed by atoms with Gasteiger partial charge in [-0.15, -0.1) is 46.5 Å². The molecule has 4 heteroatoms. The van der Waals surface area contributed by atoms with E-state index in [1.165, 1.54) is 59.1 Å². The third-order valence-electron chi connectivity index (χ3n) is 5.02. The molecule has 0 aliphatic heterocycles. The van der Waals surface area contributed by atoms with E-state index in [4.69, 9.17) is 0 Å². The summed E-state index contributed by atoms with van der Waals surface area (Å²) in [7, 11) is 0. The summed E-state index contributed by atoms with van der Waals surface area (Å²) in [4.78, 5) is 0. The van der Waals surface area contributed by atoms with E-state index in [0.717, 1.165) is 12.8 Å². The van der Waals surface area contributed by atoms with Crippen molar-refractivity contribution >= 4 is 16.6 Å². The molecule has 0 aromatic heterocycles. The van der Waals surface area contributed by atoms with E-state index in [-0.39, 0.29) is 30.2 Å². The molecule has 34 heavy (non-hydrogen) atoms. The van der Waals surface area contributed by atoms with Crippen molar-refractivity contribution in [3.63, 3.8) is 0 Å². The van der Waals surface area contributed by atoms with Crippen molar-refractivity contribution in [3.8, 4) is 0 Å². The molecule has 0 fully saturated rings. The number of rotatable bonds is 6. The molecule has 0 amide bonds. The molecule has 2 aliphatic rings. The maximum atomic E-state index is 3.43. The van der Waals surface area contributed by atoms with Gasteiger partial charge in [0.2, 0.25) is 0 Å². The number of halogens is 2. The fourth-order valence-electron chi connectivity index (χ4n) is 3.60. The first-order chi connectivity index (χ1) is 15.5. The fraction of sp³-hybridized carbons (Fsp3) is 0.333. The summed E-state index contributed by atoms with van der Waals surface area (Å²) >= 11 is 1.74. The van der Waals surface area contributed by atoms with Crippen LogP contribution in [0.2, 0.25) is 13.1 Å². The van der Waals surface area contributed by atoms with E-state index in [9.17, 15) is 0 Å². The van der Waals surface area contributed by atoms with Crippen molar-refractivity contribution in [2.24, 2.45) is 0 Å². The molecular weight excluding hydrogens is 551 g/mol. The Morgan fingerprint density at radius 1 is 0.676 bits per heavy atom. The number of hydrogen-bond acceptors (Lipinski definition) is 0. The summed E-state index contributed by atoms with van der Waals surface area (Å²) in [6.45, 7) is 9.06. The molecule has 0 N–H and O–H groups in total. The van der Waals surface area contributed by atoms with Gasteiger partial charge in [-0.3, -0.25) is 0 Å². The van der Waals surface area contributed by atoms with Crippen LogP contribution in [0.1, 0.15) is 63.5 Å². The molecule has 0 saturated carbocycles. The molecule has 0 heterocycles. The molecule has 0 radical (unpaired) electrons. The number of hydrogen-bond donors (Lipinski definition) is 0. The van der Waals surface area contributed by atoms with Crippen molar-refractivity contribution in [1.29, 1.82) is 0 Å². The molecule has 2 aliphatic carbocycles. The van der Waals surface area contributed by atoms with Gasteiger partial charge in [0, 0.05) is 0 Å². The smallest absolute Gasteiger partial charge is 1.00 e. The first-order valence-electron chi connectivity index (χ1n) is 11.8. The zero-order chi connectivity index (χ0) is 23.2. The molecule has 2 aromatic carbocycles. The van der Waals surface area contributed by atoms with Gasteiger partial charge in [-0.25, -0.2) is 0 Å². The largest absolute Gasteiger partial charge is 1.00 e. The van der Waals surface area contributed by atoms with Gasteiger partial charge in [0.15, 0.2) is 0 Å². The zero-order valence-electron chi connectivity index (χ0n) is 20.9. The van der Waals surface area contributed by atoms with Crippen LogP contribution in [0.4, 0.5) is 0 Å². The van der Waals surface area contributed by atoms with Crippen LogP contribution < -0.4 is 24.8 Å². The van der Waals surface area contributed by atoms with E-state index < -0.39 is 0 Å². The van der Waals surface area contributed by atoms with Gasteiger partial charge < -0.3 is 24.8 Å². The van der Waals surface area contributed by atoms with Gasteiger partial charge in [0.1, 0.15) is 0 Å². The Kier molecular flexibility index (Phi) is 18.8. The second-order valence-electron chi connectivity index (χ2n) is 8.37. The first kappa shape index (κ1) is 33.1. The molecule has 0 nitrogen and oxygen atoms in total. The minimum atomic E-state index is 0. The predicted octanol–water partition coefficient (Wildman–Crippen LogP) is 2.80. The molecule has 4 rings (SSSR count). The molecule has 0 atom stereocenters. The van der Waals surface area contributed by atoms with E-state index in [1.54, 1.807) is 23.3 Å². The van der Waals surface area contributed by atoms with Gasteiger partial charge >= 0.3 is 41.9 Å². The van der Waals surface area contributed by atoms with Crippen molar-refractivity contribution in [2.45, 2.75) is 65.5 Å².